The summed E-state index contributed by atoms with van der Waals surface area (Å²) in [5.74, 6) is 3.07. The van der Waals surface area contributed by atoms with Crippen LogP contribution in [0.1, 0.15) is 39.5 Å². The number of hydrogen-bond donors (Lipinski definition) is 1. The minimum Gasteiger partial charge on any atom is -0.374 e. The van der Waals surface area contributed by atoms with Crippen molar-refractivity contribution in [2.24, 2.45) is 17.8 Å². The Morgan fingerprint density at radius 3 is 2.79 bits per heavy atom. The summed E-state index contributed by atoms with van der Waals surface area (Å²) in [5.41, 5.74) is 0. The summed E-state index contributed by atoms with van der Waals surface area (Å²) in [7, 11) is 0. The second-order valence-electron chi connectivity index (χ2n) is 7.17. The molecule has 2 saturated carbocycles. The maximum Gasteiger partial charge on any atom is 0.0826 e. The fourth-order valence-electron chi connectivity index (χ4n) is 4.39. The first-order valence-corrected chi connectivity index (χ1v) is 8.28. The monoisotopic (exact) mass is 266 g/mol. The lowest BCUT2D eigenvalue weighted by Gasteiger charge is -2.36. The maximum atomic E-state index is 5.88. The van der Waals surface area contributed by atoms with Crippen molar-refractivity contribution in [3.05, 3.63) is 0 Å². The highest BCUT2D eigenvalue weighted by atomic mass is 16.5. The minimum atomic E-state index is 0.398. The third-order valence-corrected chi connectivity index (χ3v) is 5.56. The number of nitrogens with one attached hydrogen (secondary N) is 1. The first-order valence-electron chi connectivity index (χ1n) is 8.28. The van der Waals surface area contributed by atoms with Gasteiger partial charge in [-0.3, -0.25) is 4.90 Å². The van der Waals surface area contributed by atoms with E-state index in [9.17, 15) is 0 Å². The van der Waals surface area contributed by atoms with Crippen LogP contribution in [0, 0.1) is 17.8 Å². The average Bonchev–Trinajstić information content (AvgIpc) is 3.01. The molecule has 4 unspecified atom stereocenters. The molecule has 3 nitrogen and oxygen atoms in total. The molecule has 2 aliphatic carbocycles. The number of hydrogen-bond acceptors (Lipinski definition) is 3. The van der Waals surface area contributed by atoms with Gasteiger partial charge in [-0.05, 0) is 57.4 Å². The van der Waals surface area contributed by atoms with Crippen molar-refractivity contribution < 1.29 is 4.74 Å². The van der Waals surface area contributed by atoms with E-state index in [2.05, 4.69) is 24.1 Å². The summed E-state index contributed by atoms with van der Waals surface area (Å²) >= 11 is 0. The Morgan fingerprint density at radius 2 is 2.11 bits per heavy atom. The van der Waals surface area contributed by atoms with Crippen molar-refractivity contribution in [3.8, 4) is 0 Å². The minimum absolute atomic E-state index is 0.398. The van der Waals surface area contributed by atoms with Crippen LogP contribution >= 0.6 is 0 Å². The summed E-state index contributed by atoms with van der Waals surface area (Å²) in [6, 6.07) is 0.650. The molecule has 0 aromatic carbocycles. The molecule has 0 spiro atoms. The van der Waals surface area contributed by atoms with Crippen molar-refractivity contribution in [1.29, 1.82) is 0 Å². The molecule has 110 valence electrons. The van der Waals surface area contributed by atoms with Crippen LogP contribution in [-0.2, 0) is 4.74 Å². The molecule has 4 atom stereocenters. The van der Waals surface area contributed by atoms with E-state index in [-0.39, 0.29) is 0 Å². The van der Waals surface area contributed by atoms with Crippen LogP contribution in [-0.4, -0.2) is 49.8 Å². The first-order chi connectivity index (χ1) is 9.22. The van der Waals surface area contributed by atoms with Gasteiger partial charge < -0.3 is 10.1 Å². The lowest BCUT2D eigenvalue weighted by molar-refractivity contribution is -0.0375. The summed E-state index contributed by atoms with van der Waals surface area (Å²) in [6.07, 6.45) is 6.41. The molecule has 0 aromatic heterocycles. The van der Waals surface area contributed by atoms with Crippen LogP contribution in [0.2, 0.25) is 0 Å². The Morgan fingerprint density at radius 1 is 1.21 bits per heavy atom. The highest BCUT2D eigenvalue weighted by Gasteiger charge is 2.39. The third kappa shape index (κ3) is 3.32. The summed E-state index contributed by atoms with van der Waals surface area (Å²) < 4.78 is 5.88. The predicted octanol–water partition coefficient (Wildman–Crippen LogP) is 2.12. The zero-order valence-electron chi connectivity index (χ0n) is 12.6. The van der Waals surface area contributed by atoms with Gasteiger partial charge in [0, 0.05) is 25.7 Å². The molecule has 3 heteroatoms. The quantitative estimate of drug-likeness (QED) is 0.825. The van der Waals surface area contributed by atoms with Gasteiger partial charge in [-0.15, -0.1) is 0 Å². The van der Waals surface area contributed by atoms with Gasteiger partial charge in [0.15, 0.2) is 0 Å². The van der Waals surface area contributed by atoms with Gasteiger partial charge in [0.05, 0.1) is 12.7 Å². The van der Waals surface area contributed by atoms with E-state index in [0.717, 1.165) is 44.0 Å². The third-order valence-electron chi connectivity index (χ3n) is 5.56. The number of ether oxygens (including phenoxy) is 1. The van der Waals surface area contributed by atoms with Crippen molar-refractivity contribution in [1.82, 2.24) is 10.2 Å². The van der Waals surface area contributed by atoms with Crippen LogP contribution in [0.4, 0.5) is 0 Å². The SMILES string of the molecule is CC(C)N1CCOC(CNCC2CC3CCC2C3)C1. The van der Waals surface area contributed by atoms with Gasteiger partial charge in [0.1, 0.15) is 0 Å². The van der Waals surface area contributed by atoms with E-state index in [1.807, 2.05) is 0 Å². The van der Waals surface area contributed by atoms with Gasteiger partial charge in [0.2, 0.25) is 0 Å². The maximum absolute atomic E-state index is 5.88. The molecular weight excluding hydrogens is 236 g/mol. The topological polar surface area (TPSA) is 24.5 Å². The van der Waals surface area contributed by atoms with Crippen molar-refractivity contribution in [2.75, 3.05) is 32.8 Å². The van der Waals surface area contributed by atoms with Crippen molar-refractivity contribution in [3.63, 3.8) is 0 Å². The average molecular weight is 266 g/mol. The molecule has 0 amide bonds. The van der Waals surface area contributed by atoms with E-state index < -0.39 is 0 Å². The normalized spacial score (nSPS) is 39.3. The lowest BCUT2D eigenvalue weighted by Crippen LogP contribution is -2.49. The van der Waals surface area contributed by atoms with E-state index in [0.29, 0.717) is 12.1 Å². The molecule has 19 heavy (non-hydrogen) atoms. The van der Waals surface area contributed by atoms with Crippen LogP contribution in [0.5, 0.6) is 0 Å². The molecule has 3 aliphatic rings. The van der Waals surface area contributed by atoms with Crippen molar-refractivity contribution in [2.45, 2.75) is 51.7 Å². The Labute approximate surface area is 118 Å². The fourth-order valence-corrected chi connectivity index (χ4v) is 4.39. The van der Waals surface area contributed by atoms with Crippen LogP contribution < -0.4 is 5.32 Å². The molecule has 0 aromatic rings. The Bertz CT molecular complexity index is 294. The lowest BCUT2D eigenvalue weighted by atomic mass is 9.89. The molecule has 0 radical (unpaired) electrons. The second-order valence-corrected chi connectivity index (χ2v) is 7.17. The van der Waals surface area contributed by atoms with E-state index in [4.69, 9.17) is 4.74 Å². The summed E-state index contributed by atoms with van der Waals surface area (Å²) in [6.45, 7) is 9.93. The Kier molecular flexibility index (Phi) is 4.45. The standard InChI is InChI=1S/C16H30N2O/c1-12(2)18-5-6-19-16(11-18)10-17-9-15-8-13-3-4-14(15)7-13/h12-17H,3-11H2,1-2H3. The Hall–Kier alpha value is -0.120. The fraction of sp³-hybridized carbons (Fsp3) is 1.00. The first kappa shape index (κ1) is 13.8. The largest absolute Gasteiger partial charge is 0.374 e. The van der Waals surface area contributed by atoms with Crippen LogP contribution in [0.25, 0.3) is 0 Å². The van der Waals surface area contributed by atoms with Crippen molar-refractivity contribution >= 4 is 0 Å². The second kappa shape index (κ2) is 6.11. The zero-order chi connectivity index (χ0) is 13.2. The predicted molar refractivity (Wildman–Crippen MR) is 78.3 cm³/mol. The van der Waals surface area contributed by atoms with Gasteiger partial charge >= 0.3 is 0 Å². The van der Waals surface area contributed by atoms with Gasteiger partial charge in [-0.2, -0.15) is 0 Å². The molecule has 1 heterocycles. The molecule has 1 aliphatic heterocycles. The number of fused-ring (bicyclic) bond motifs is 2. The van der Waals surface area contributed by atoms with Gasteiger partial charge in [0.25, 0.3) is 0 Å². The van der Waals surface area contributed by atoms with Crippen LogP contribution in [0.15, 0.2) is 0 Å². The summed E-state index contributed by atoms with van der Waals surface area (Å²) in [5, 5.41) is 3.69. The number of morpholine rings is 1. The molecule has 1 saturated heterocycles. The van der Waals surface area contributed by atoms with Crippen LogP contribution in [0.3, 0.4) is 0 Å². The summed E-state index contributed by atoms with van der Waals surface area (Å²) in [4.78, 5) is 2.54. The molecule has 1 N–H and O–H groups in total. The van der Waals surface area contributed by atoms with Gasteiger partial charge in [-0.25, -0.2) is 0 Å². The Balaban J connectivity index is 1.36. The molecular formula is C16H30N2O. The number of nitrogens with zero attached hydrogens (tertiary/aromatic N) is 1. The molecule has 3 rings (SSSR count). The smallest absolute Gasteiger partial charge is 0.0826 e. The zero-order valence-corrected chi connectivity index (χ0v) is 12.6. The molecule has 2 bridgehead atoms. The molecule has 3 fully saturated rings. The highest BCUT2D eigenvalue weighted by Crippen LogP contribution is 2.47. The van der Waals surface area contributed by atoms with E-state index >= 15 is 0 Å². The van der Waals surface area contributed by atoms with E-state index in [1.54, 1.807) is 0 Å². The highest BCUT2D eigenvalue weighted by molar-refractivity contribution is 4.91. The van der Waals surface area contributed by atoms with E-state index in [1.165, 1.54) is 32.2 Å². The number of rotatable bonds is 5. The van der Waals surface area contributed by atoms with Gasteiger partial charge in [-0.1, -0.05) is 6.42 Å².